The summed E-state index contributed by atoms with van der Waals surface area (Å²) >= 11 is 0. The molecule has 3 rings (SSSR count). The van der Waals surface area contributed by atoms with Crippen molar-refractivity contribution in [2.24, 2.45) is 0 Å². The minimum atomic E-state index is -4.41. The summed E-state index contributed by atoms with van der Waals surface area (Å²) in [7, 11) is 4.65. The standard InChI is InChI=1S/C27H29F3N2O3/c1-31-26(33)25(19-7-5-4-6-8-19)32-16-15-22(18-9-12-21(13-10-18)27(28,29)30)20-11-14-23(34-2)24(17-20)35-3/h4-14,17,22,25,32H,15-16H2,1-3H3,(H,31,33)/t22-,25+/m0/s1. The van der Waals surface area contributed by atoms with E-state index in [2.05, 4.69) is 10.6 Å². The van der Waals surface area contributed by atoms with Gasteiger partial charge in [0, 0.05) is 13.0 Å². The lowest BCUT2D eigenvalue weighted by atomic mass is 9.87. The number of alkyl halides is 3. The van der Waals surface area contributed by atoms with Crippen molar-refractivity contribution in [2.75, 3.05) is 27.8 Å². The maximum absolute atomic E-state index is 13.1. The van der Waals surface area contributed by atoms with Gasteiger partial charge >= 0.3 is 6.18 Å². The summed E-state index contributed by atoms with van der Waals surface area (Å²) in [5, 5.41) is 5.97. The molecule has 0 fully saturated rings. The highest BCUT2D eigenvalue weighted by molar-refractivity contribution is 5.82. The molecule has 1 amide bonds. The number of amides is 1. The van der Waals surface area contributed by atoms with E-state index in [1.807, 2.05) is 42.5 Å². The van der Waals surface area contributed by atoms with Gasteiger partial charge in [-0.25, -0.2) is 0 Å². The Hall–Kier alpha value is -3.52. The molecule has 3 aromatic carbocycles. The number of halogens is 3. The van der Waals surface area contributed by atoms with Crippen LogP contribution in [0.2, 0.25) is 0 Å². The summed E-state index contributed by atoms with van der Waals surface area (Å²) in [6.07, 6.45) is -3.88. The van der Waals surface area contributed by atoms with E-state index < -0.39 is 17.8 Å². The lowest BCUT2D eigenvalue weighted by Crippen LogP contribution is -2.36. The minimum absolute atomic E-state index is 0.173. The van der Waals surface area contributed by atoms with E-state index in [1.54, 1.807) is 13.1 Å². The summed E-state index contributed by atoms with van der Waals surface area (Å²) in [6, 6.07) is 19.4. The van der Waals surface area contributed by atoms with Gasteiger partial charge in [0.25, 0.3) is 0 Å². The molecule has 3 aromatic rings. The van der Waals surface area contributed by atoms with E-state index in [-0.39, 0.29) is 11.8 Å². The molecular formula is C27H29F3N2O3. The molecule has 35 heavy (non-hydrogen) atoms. The monoisotopic (exact) mass is 486 g/mol. The van der Waals surface area contributed by atoms with Gasteiger partial charge in [0.2, 0.25) is 5.91 Å². The van der Waals surface area contributed by atoms with Crippen LogP contribution in [0, 0.1) is 0 Å². The number of carbonyl (C=O) groups is 1. The molecule has 0 radical (unpaired) electrons. The van der Waals surface area contributed by atoms with Gasteiger partial charge in [-0.15, -0.1) is 0 Å². The van der Waals surface area contributed by atoms with Crippen LogP contribution in [-0.2, 0) is 11.0 Å². The normalized spacial score (nSPS) is 13.1. The zero-order chi connectivity index (χ0) is 25.4. The van der Waals surface area contributed by atoms with Crippen LogP contribution in [0.5, 0.6) is 11.5 Å². The van der Waals surface area contributed by atoms with Crippen LogP contribution in [0.3, 0.4) is 0 Å². The summed E-state index contributed by atoms with van der Waals surface area (Å²) in [6.45, 7) is 0.438. The Morgan fingerprint density at radius 3 is 2.06 bits per heavy atom. The molecule has 0 heterocycles. The number of likely N-dealkylation sites (N-methyl/N-ethyl adjacent to an activating group) is 1. The molecule has 2 N–H and O–H groups in total. The number of rotatable bonds is 10. The van der Waals surface area contributed by atoms with Gasteiger partial charge in [-0.05, 0) is 53.9 Å². The molecule has 0 aliphatic rings. The number of nitrogens with one attached hydrogen (secondary N) is 2. The molecule has 0 aromatic heterocycles. The van der Waals surface area contributed by atoms with Crippen molar-refractivity contribution < 1.29 is 27.4 Å². The Bertz CT molecular complexity index is 1100. The number of benzene rings is 3. The van der Waals surface area contributed by atoms with Crippen molar-refractivity contribution in [3.8, 4) is 11.5 Å². The van der Waals surface area contributed by atoms with Crippen LogP contribution in [0.25, 0.3) is 0 Å². The molecule has 0 saturated carbocycles. The van der Waals surface area contributed by atoms with Crippen LogP contribution >= 0.6 is 0 Å². The fourth-order valence-corrected chi connectivity index (χ4v) is 4.02. The predicted molar refractivity (Wildman–Crippen MR) is 129 cm³/mol. The van der Waals surface area contributed by atoms with Crippen molar-refractivity contribution in [3.63, 3.8) is 0 Å². The highest BCUT2D eigenvalue weighted by atomic mass is 19.4. The third-order valence-corrected chi connectivity index (χ3v) is 5.87. The largest absolute Gasteiger partial charge is 0.493 e. The molecular weight excluding hydrogens is 457 g/mol. The summed E-state index contributed by atoms with van der Waals surface area (Å²) in [4.78, 5) is 12.5. The molecule has 0 aliphatic heterocycles. The molecule has 0 spiro atoms. The number of carbonyl (C=O) groups excluding carboxylic acids is 1. The van der Waals surface area contributed by atoms with E-state index in [4.69, 9.17) is 9.47 Å². The Morgan fingerprint density at radius 1 is 0.857 bits per heavy atom. The van der Waals surface area contributed by atoms with Crippen molar-refractivity contribution in [2.45, 2.75) is 24.6 Å². The topological polar surface area (TPSA) is 59.6 Å². The molecule has 0 saturated heterocycles. The smallest absolute Gasteiger partial charge is 0.416 e. The van der Waals surface area contributed by atoms with Crippen LogP contribution in [0.4, 0.5) is 13.2 Å². The quantitative estimate of drug-likeness (QED) is 0.407. The van der Waals surface area contributed by atoms with E-state index in [1.165, 1.54) is 26.4 Å². The highest BCUT2D eigenvalue weighted by Crippen LogP contribution is 2.36. The predicted octanol–water partition coefficient (Wildman–Crippen LogP) is 5.32. The summed E-state index contributed by atoms with van der Waals surface area (Å²) in [5.41, 5.74) is 1.71. The minimum Gasteiger partial charge on any atom is -0.493 e. The number of methoxy groups -OCH3 is 2. The fraction of sp³-hybridized carbons (Fsp3) is 0.296. The first-order valence-corrected chi connectivity index (χ1v) is 11.2. The zero-order valence-electron chi connectivity index (χ0n) is 19.9. The summed E-state index contributed by atoms with van der Waals surface area (Å²) < 4.78 is 50.1. The molecule has 0 bridgehead atoms. The first-order chi connectivity index (χ1) is 16.8. The van der Waals surface area contributed by atoms with Crippen molar-refractivity contribution in [3.05, 3.63) is 95.1 Å². The number of ether oxygens (including phenoxy) is 2. The maximum atomic E-state index is 13.1. The zero-order valence-corrected chi connectivity index (χ0v) is 19.9. The highest BCUT2D eigenvalue weighted by Gasteiger charge is 2.30. The number of hydrogen-bond acceptors (Lipinski definition) is 4. The molecule has 186 valence electrons. The molecule has 5 nitrogen and oxygen atoms in total. The van der Waals surface area contributed by atoms with Gasteiger partial charge in [-0.2, -0.15) is 13.2 Å². The van der Waals surface area contributed by atoms with Gasteiger partial charge in [-0.1, -0.05) is 48.5 Å². The van der Waals surface area contributed by atoms with E-state index in [0.29, 0.717) is 24.5 Å². The van der Waals surface area contributed by atoms with Crippen molar-refractivity contribution >= 4 is 5.91 Å². The van der Waals surface area contributed by atoms with Gasteiger partial charge in [0.05, 0.1) is 19.8 Å². The molecule has 0 aliphatic carbocycles. The number of hydrogen-bond donors (Lipinski definition) is 2. The lowest BCUT2D eigenvalue weighted by molar-refractivity contribution is -0.137. The van der Waals surface area contributed by atoms with Gasteiger partial charge in [0.15, 0.2) is 11.5 Å². The van der Waals surface area contributed by atoms with E-state index in [0.717, 1.165) is 28.8 Å². The second-order valence-corrected chi connectivity index (χ2v) is 7.99. The third-order valence-electron chi connectivity index (χ3n) is 5.87. The Labute approximate surface area is 203 Å². The second kappa shape index (κ2) is 11.8. The second-order valence-electron chi connectivity index (χ2n) is 7.99. The fourth-order valence-electron chi connectivity index (χ4n) is 4.02. The van der Waals surface area contributed by atoms with Crippen LogP contribution in [0.15, 0.2) is 72.8 Å². The molecule has 0 unspecified atom stereocenters. The SMILES string of the molecule is CNC(=O)[C@H](NCC[C@@H](c1ccc(C(F)(F)F)cc1)c1ccc(OC)c(OC)c1)c1ccccc1. The van der Waals surface area contributed by atoms with Gasteiger partial charge < -0.3 is 20.1 Å². The Morgan fingerprint density at radius 2 is 1.49 bits per heavy atom. The maximum Gasteiger partial charge on any atom is 0.416 e. The van der Waals surface area contributed by atoms with Crippen molar-refractivity contribution in [1.82, 2.24) is 10.6 Å². The first kappa shape index (κ1) is 26.1. The van der Waals surface area contributed by atoms with Crippen molar-refractivity contribution in [1.29, 1.82) is 0 Å². The van der Waals surface area contributed by atoms with Crippen LogP contribution < -0.4 is 20.1 Å². The van der Waals surface area contributed by atoms with Gasteiger partial charge in [0.1, 0.15) is 6.04 Å². The van der Waals surface area contributed by atoms with Gasteiger partial charge in [-0.3, -0.25) is 4.79 Å². The van der Waals surface area contributed by atoms with E-state index >= 15 is 0 Å². The van der Waals surface area contributed by atoms with Crippen LogP contribution in [0.1, 0.15) is 40.6 Å². The summed E-state index contributed by atoms with van der Waals surface area (Å²) in [5.74, 6) is 0.672. The van der Waals surface area contributed by atoms with E-state index in [9.17, 15) is 18.0 Å². The molecule has 8 heteroatoms. The van der Waals surface area contributed by atoms with Crippen LogP contribution in [-0.4, -0.2) is 33.7 Å². The first-order valence-electron chi connectivity index (χ1n) is 11.2. The lowest BCUT2D eigenvalue weighted by Gasteiger charge is -2.23. The third kappa shape index (κ3) is 6.54. The Kier molecular flexibility index (Phi) is 8.76. The Balaban J connectivity index is 1.89. The average Bonchev–Trinajstić information content (AvgIpc) is 2.88. The average molecular weight is 487 g/mol. The molecule has 2 atom stereocenters.